The summed E-state index contributed by atoms with van der Waals surface area (Å²) in [6.07, 6.45) is 7.80. The zero-order chi connectivity index (χ0) is 11.2. The molecule has 0 saturated carbocycles. The van der Waals surface area contributed by atoms with Gasteiger partial charge in [0.05, 0.1) is 4.47 Å². The van der Waals surface area contributed by atoms with E-state index in [9.17, 15) is 0 Å². The fourth-order valence-electron chi connectivity index (χ4n) is 1.32. The van der Waals surface area contributed by atoms with E-state index in [1.807, 2.05) is 12.1 Å². The van der Waals surface area contributed by atoms with Crippen LogP contribution in [0.5, 0.6) is 0 Å². The molecule has 0 aliphatic rings. The number of nitrogens with zero attached hydrogens (tertiary/aromatic N) is 3. The topological polar surface area (TPSA) is 50.7 Å². The highest BCUT2D eigenvalue weighted by atomic mass is 79.9. The lowest BCUT2D eigenvalue weighted by atomic mass is 10.2. The number of halogens is 1. The van der Waals surface area contributed by atoms with E-state index in [1.165, 1.54) is 11.9 Å². The van der Waals surface area contributed by atoms with Gasteiger partial charge < -0.3 is 5.32 Å². The third-order valence-electron chi connectivity index (χ3n) is 2.12. The van der Waals surface area contributed by atoms with Gasteiger partial charge >= 0.3 is 0 Å². The number of pyridine rings is 1. The molecule has 4 nitrogen and oxygen atoms in total. The first-order valence-electron chi connectivity index (χ1n) is 4.94. The molecule has 0 aliphatic heterocycles. The van der Waals surface area contributed by atoms with Crippen LogP contribution in [0.15, 0.2) is 41.5 Å². The molecular formula is C11H11BrN4. The molecule has 0 amide bonds. The minimum atomic E-state index is 0.823. The van der Waals surface area contributed by atoms with Crippen LogP contribution >= 0.6 is 15.9 Å². The van der Waals surface area contributed by atoms with Crippen LogP contribution in [-0.4, -0.2) is 21.5 Å². The average molecular weight is 279 g/mol. The van der Waals surface area contributed by atoms with E-state index < -0.39 is 0 Å². The summed E-state index contributed by atoms with van der Waals surface area (Å²) in [6, 6.07) is 4.02. The van der Waals surface area contributed by atoms with Gasteiger partial charge in [-0.3, -0.25) is 4.98 Å². The zero-order valence-electron chi connectivity index (χ0n) is 8.60. The van der Waals surface area contributed by atoms with E-state index in [1.54, 1.807) is 18.6 Å². The van der Waals surface area contributed by atoms with Gasteiger partial charge in [-0.05, 0) is 40.0 Å². The standard InChI is InChI=1S/C11H11BrN4/c12-10-7-14-8-16-11(10)15-6-3-9-1-4-13-5-2-9/h1-2,4-5,7-8H,3,6H2,(H,14,15,16). The van der Waals surface area contributed by atoms with Crippen LogP contribution < -0.4 is 5.32 Å². The maximum absolute atomic E-state index is 4.13. The molecule has 0 saturated heterocycles. The Balaban J connectivity index is 1.87. The molecule has 2 heterocycles. The van der Waals surface area contributed by atoms with Gasteiger partial charge in [0.1, 0.15) is 12.1 Å². The second kappa shape index (κ2) is 5.55. The van der Waals surface area contributed by atoms with Crippen molar-refractivity contribution in [2.75, 3.05) is 11.9 Å². The predicted octanol–water partition coefficient (Wildman–Crippen LogP) is 2.29. The normalized spacial score (nSPS) is 10.1. The molecule has 0 aliphatic carbocycles. The fraction of sp³-hybridized carbons (Fsp3) is 0.182. The first-order chi connectivity index (χ1) is 7.86. The van der Waals surface area contributed by atoms with Crippen molar-refractivity contribution in [3.63, 3.8) is 0 Å². The van der Waals surface area contributed by atoms with Crippen molar-refractivity contribution in [2.24, 2.45) is 0 Å². The molecule has 0 fully saturated rings. The van der Waals surface area contributed by atoms with Crippen molar-refractivity contribution in [3.05, 3.63) is 47.1 Å². The summed E-state index contributed by atoms with van der Waals surface area (Å²) in [5, 5.41) is 3.24. The minimum absolute atomic E-state index is 0.823. The SMILES string of the molecule is Brc1cncnc1NCCc1ccncc1. The number of rotatable bonds is 4. The van der Waals surface area contributed by atoms with Crippen molar-refractivity contribution in [1.82, 2.24) is 15.0 Å². The molecule has 2 rings (SSSR count). The Morgan fingerprint density at radius 1 is 1.19 bits per heavy atom. The van der Waals surface area contributed by atoms with Crippen molar-refractivity contribution in [3.8, 4) is 0 Å². The van der Waals surface area contributed by atoms with Crippen LogP contribution in [0.25, 0.3) is 0 Å². The van der Waals surface area contributed by atoms with Gasteiger partial charge in [0.2, 0.25) is 0 Å². The molecule has 1 N–H and O–H groups in total. The quantitative estimate of drug-likeness (QED) is 0.933. The van der Waals surface area contributed by atoms with Gasteiger partial charge in [-0.25, -0.2) is 9.97 Å². The molecule has 0 unspecified atom stereocenters. The van der Waals surface area contributed by atoms with E-state index in [0.717, 1.165) is 23.3 Å². The van der Waals surface area contributed by atoms with Crippen LogP contribution in [0, 0.1) is 0 Å². The molecule has 0 spiro atoms. The number of hydrogen-bond acceptors (Lipinski definition) is 4. The summed E-state index contributed by atoms with van der Waals surface area (Å²) >= 11 is 3.39. The summed E-state index contributed by atoms with van der Waals surface area (Å²) in [7, 11) is 0. The molecule has 16 heavy (non-hydrogen) atoms. The van der Waals surface area contributed by atoms with Gasteiger partial charge in [0, 0.05) is 25.1 Å². The third-order valence-corrected chi connectivity index (χ3v) is 2.70. The Hall–Kier alpha value is -1.49. The molecule has 82 valence electrons. The highest BCUT2D eigenvalue weighted by molar-refractivity contribution is 9.10. The molecule has 2 aromatic rings. The highest BCUT2D eigenvalue weighted by Crippen LogP contribution is 2.16. The number of nitrogens with one attached hydrogen (secondary N) is 1. The molecular weight excluding hydrogens is 268 g/mol. The average Bonchev–Trinajstić information content (AvgIpc) is 2.33. The monoisotopic (exact) mass is 278 g/mol. The Kier molecular flexibility index (Phi) is 3.82. The van der Waals surface area contributed by atoms with E-state index in [-0.39, 0.29) is 0 Å². The minimum Gasteiger partial charge on any atom is -0.369 e. The van der Waals surface area contributed by atoms with Gasteiger partial charge in [-0.2, -0.15) is 0 Å². The number of hydrogen-bond donors (Lipinski definition) is 1. The Morgan fingerprint density at radius 2 is 2.00 bits per heavy atom. The summed E-state index contributed by atoms with van der Waals surface area (Å²) in [4.78, 5) is 12.0. The van der Waals surface area contributed by atoms with Crippen LogP contribution in [0.2, 0.25) is 0 Å². The van der Waals surface area contributed by atoms with Gasteiger partial charge in [0.15, 0.2) is 0 Å². The van der Waals surface area contributed by atoms with Crippen LogP contribution in [0.1, 0.15) is 5.56 Å². The van der Waals surface area contributed by atoms with Crippen molar-refractivity contribution in [2.45, 2.75) is 6.42 Å². The predicted molar refractivity (Wildman–Crippen MR) is 66.2 cm³/mol. The van der Waals surface area contributed by atoms with Gasteiger partial charge in [0.25, 0.3) is 0 Å². The maximum Gasteiger partial charge on any atom is 0.143 e. The highest BCUT2D eigenvalue weighted by Gasteiger charge is 1.99. The smallest absolute Gasteiger partial charge is 0.143 e. The number of aromatic nitrogens is 3. The van der Waals surface area contributed by atoms with Crippen molar-refractivity contribution >= 4 is 21.7 Å². The summed E-state index contributed by atoms with van der Waals surface area (Å²) in [6.45, 7) is 0.833. The summed E-state index contributed by atoms with van der Waals surface area (Å²) in [5.74, 6) is 0.823. The van der Waals surface area contributed by atoms with Crippen LogP contribution in [-0.2, 0) is 6.42 Å². The molecule has 0 radical (unpaired) electrons. The van der Waals surface area contributed by atoms with E-state index in [0.29, 0.717) is 0 Å². The fourth-order valence-corrected chi connectivity index (χ4v) is 1.68. The van der Waals surface area contributed by atoms with Crippen LogP contribution in [0.4, 0.5) is 5.82 Å². The molecule has 0 atom stereocenters. The Bertz CT molecular complexity index is 447. The van der Waals surface area contributed by atoms with Gasteiger partial charge in [-0.1, -0.05) is 0 Å². The Labute approximate surface area is 102 Å². The second-order valence-electron chi connectivity index (χ2n) is 3.25. The zero-order valence-corrected chi connectivity index (χ0v) is 10.2. The van der Waals surface area contributed by atoms with Crippen LogP contribution in [0.3, 0.4) is 0 Å². The summed E-state index contributed by atoms with van der Waals surface area (Å²) < 4.78 is 0.879. The molecule has 0 bridgehead atoms. The lowest BCUT2D eigenvalue weighted by Gasteiger charge is -2.06. The van der Waals surface area contributed by atoms with E-state index in [4.69, 9.17) is 0 Å². The number of anilines is 1. The van der Waals surface area contributed by atoms with E-state index in [2.05, 4.69) is 36.2 Å². The molecule has 5 heteroatoms. The maximum atomic E-state index is 4.13. The summed E-state index contributed by atoms with van der Waals surface area (Å²) in [5.41, 5.74) is 1.26. The third kappa shape index (κ3) is 3.00. The lowest BCUT2D eigenvalue weighted by molar-refractivity contribution is 0.990. The van der Waals surface area contributed by atoms with Gasteiger partial charge in [-0.15, -0.1) is 0 Å². The first-order valence-corrected chi connectivity index (χ1v) is 5.74. The van der Waals surface area contributed by atoms with Crippen molar-refractivity contribution in [1.29, 1.82) is 0 Å². The first kappa shape index (κ1) is 11.0. The van der Waals surface area contributed by atoms with E-state index >= 15 is 0 Å². The second-order valence-corrected chi connectivity index (χ2v) is 4.11. The Morgan fingerprint density at radius 3 is 2.75 bits per heavy atom. The molecule has 2 aromatic heterocycles. The largest absolute Gasteiger partial charge is 0.369 e. The molecule has 0 aromatic carbocycles. The lowest BCUT2D eigenvalue weighted by Crippen LogP contribution is -2.06. The van der Waals surface area contributed by atoms with Crippen molar-refractivity contribution < 1.29 is 0 Å².